The van der Waals surface area contributed by atoms with Crippen LogP contribution in [0.2, 0.25) is 0 Å². The van der Waals surface area contributed by atoms with E-state index in [0.29, 0.717) is 12.3 Å². The zero-order valence-corrected chi connectivity index (χ0v) is 11.9. The van der Waals surface area contributed by atoms with Crippen molar-refractivity contribution in [2.45, 2.75) is 11.7 Å². The highest BCUT2D eigenvalue weighted by atomic mass is 16.5. The number of anilines is 1. The number of carboxylic acids is 1. The SMILES string of the molecule is COc1ccc(N2CC34C=C[C@@H](O3)C(C(=O)O)[C@@H]4C2=O)cc1. The monoisotopic (exact) mass is 301 g/mol. The minimum atomic E-state index is -0.980. The fourth-order valence-corrected chi connectivity index (χ4v) is 3.76. The summed E-state index contributed by atoms with van der Waals surface area (Å²) in [4.78, 5) is 25.9. The number of carbonyl (C=O) groups excluding carboxylic acids is 1. The Hall–Kier alpha value is -2.34. The van der Waals surface area contributed by atoms with E-state index in [-0.39, 0.29) is 5.91 Å². The summed E-state index contributed by atoms with van der Waals surface area (Å²) < 4.78 is 11.0. The van der Waals surface area contributed by atoms with E-state index in [9.17, 15) is 14.7 Å². The number of hydrogen-bond acceptors (Lipinski definition) is 4. The van der Waals surface area contributed by atoms with Crippen molar-refractivity contribution in [3.8, 4) is 5.75 Å². The molecule has 2 unspecified atom stereocenters. The van der Waals surface area contributed by atoms with Gasteiger partial charge in [-0.1, -0.05) is 12.2 Å². The van der Waals surface area contributed by atoms with Gasteiger partial charge in [-0.25, -0.2) is 0 Å². The molecule has 3 heterocycles. The predicted octanol–water partition coefficient (Wildman–Crippen LogP) is 1.07. The molecule has 114 valence electrons. The Bertz CT molecular complexity index is 682. The lowest BCUT2D eigenvalue weighted by Gasteiger charge is -2.21. The number of methoxy groups -OCH3 is 1. The van der Waals surface area contributed by atoms with Crippen molar-refractivity contribution >= 4 is 17.6 Å². The van der Waals surface area contributed by atoms with Crippen molar-refractivity contribution in [2.24, 2.45) is 11.8 Å². The molecular formula is C16H15NO5. The number of nitrogens with zero attached hydrogens (tertiary/aromatic N) is 1. The van der Waals surface area contributed by atoms with E-state index in [1.807, 2.05) is 6.08 Å². The van der Waals surface area contributed by atoms with E-state index in [1.54, 1.807) is 42.4 Å². The molecule has 0 saturated carbocycles. The first kappa shape index (κ1) is 13.3. The largest absolute Gasteiger partial charge is 0.497 e. The van der Waals surface area contributed by atoms with Gasteiger partial charge < -0.3 is 19.5 Å². The Morgan fingerprint density at radius 2 is 2.14 bits per heavy atom. The lowest BCUT2D eigenvalue weighted by Crippen LogP contribution is -2.39. The molecule has 0 aliphatic carbocycles. The molecule has 1 amide bonds. The second-order valence-corrected chi connectivity index (χ2v) is 5.86. The molecule has 3 aliphatic heterocycles. The van der Waals surface area contributed by atoms with Crippen LogP contribution >= 0.6 is 0 Å². The average Bonchev–Trinajstić information content (AvgIpc) is 3.15. The second kappa shape index (κ2) is 4.33. The van der Waals surface area contributed by atoms with Gasteiger partial charge in [0.25, 0.3) is 0 Å². The Balaban J connectivity index is 1.70. The molecule has 22 heavy (non-hydrogen) atoms. The van der Waals surface area contributed by atoms with Crippen LogP contribution < -0.4 is 9.64 Å². The van der Waals surface area contributed by atoms with Gasteiger partial charge >= 0.3 is 5.97 Å². The molecule has 0 aromatic heterocycles. The Morgan fingerprint density at radius 1 is 1.41 bits per heavy atom. The third-order valence-corrected chi connectivity index (χ3v) is 4.77. The van der Waals surface area contributed by atoms with Gasteiger partial charge in [-0.05, 0) is 24.3 Å². The molecule has 2 bridgehead atoms. The number of aliphatic carboxylic acids is 1. The quantitative estimate of drug-likeness (QED) is 0.845. The molecule has 3 aliphatic rings. The van der Waals surface area contributed by atoms with E-state index in [1.165, 1.54) is 0 Å². The maximum absolute atomic E-state index is 12.8. The number of hydrogen-bond donors (Lipinski definition) is 1. The molecule has 2 saturated heterocycles. The van der Waals surface area contributed by atoms with Crippen molar-refractivity contribution < 1.29 is 24.2 Å². The maximum Gasteiger partial charge on any atom is 0.310 e. The molecule has 1 aromatic rings. The Morgan fingerprint density at radius 3 is 2.77 bits per heavy atom. The highest BCUT2D eigenvalue weighted by Gasteiger charge is 2.67. The summed E-state index contributed by atoms with van der Waals surface area (Å²) in [5.74, 6) is -1.92. The van der Waals surface area contributed by atoms with Gasteiger partial charge in [0, 0.05) is 5.69 Å². The third-order valence-electron chi connectivity index (χ3n) is 4.77. The van der Waals surface area contributed by atoms with E-state index in [0.717, 1.165) is 5.69 Å². The smallest absolute Gasteiger partial charge is 0.310 e. The summed E-state index contributed by atoms with van der Waals surface area (Å²) in [7, 11) is 1.58. The fraction of sp³-hybridized carbons (Fsp3) is 0.375. The topological polar surface area (TPSA) is 76.1 Å². The minimum absolute atomic E-state index is 0.190. The second-order valence-electron chi connectivity index (χ2n) is 5.86. The number of rotatable bonds is 3. The Labute approximate surface area is 126 Å². The van der Waals surface area contributed by atoms with Gasteiger partial charge in [0.2, 0.25) is 5.91 Å². The van der Waals surface area contributed by atoms with Crippen LogP contribution in [-0.4, -0.2) is 42.3 Å². The van der Waals surface area contributed by atoms with Crippen molar-refractivity contribution in [2.75, 3.05) is 18.6 Å². The fourth-order valence-electron chi connectivity index (χ4n) is 3.76. The third kappa shape index (κ3) is 1.58. The van der Waals surface area contributed by atoms with Crippen LogP contribution in [0.15, 0.2) is 36.4 Å². The molecule has 4 rings (SSSR count). The first-order chi connectivity index (χ1) is 10.6. The number of benzene rings is 1. The molecule has 4 atom stereocenters. The zero-order chi connectivity index (χ0) is 15.5. The molecule has 6 nitrogen and oxygen atoms in total. The van der Waals surface area contributed by atoms with E-state index >= 15 is 0 Å². The van der Waals surface area contributed by atoms with Gasteiger partial charge in [0.1, 0.15) is 17.3 Å². The van der Waals surface area contributed by atoms with Gasteiger partial charge in [0.15, 0.2) is 0 Å². The van der Waals surface area contributed by atoms with Crippen LogP contribution in [0.5, 0.6) is 5.75 Å². The van der Waals surface area contributed by atoms with E-state index in [4.69, 9.17) is 9.47 Å². The Kier molecular flexibility index (Phi) is 2.62. The average molecular weight is 301 g/mol. The lowest BCUT2D eigenvalue weighted by molar-refractivity contribution is -0.146. The van der Waals surface area contributed by atoms with Gasteiger partial charge in [-0.2, -0.15) is 0 Å². The summed E-state index contributed by atoms with van der Waals surface area (Å²) in [6.45, 7) is 0.347. The molecule has 2 fully saturated rings. The first-order valence-electron chi connectivity index (χ1n) is 7.11. The first-order valence-corrected chi connectivity index (χ1v) is 7.11. The highest BCUT2D eigenvalue weighted by molar-refractivity contribution is 6.02. The lowest BCUT2D eigenvalue weighted by atomic mass is 9.77. The maximum atomic E-state index is 12.8. The van der Waals surface area contributed by atoms with Crippen LogP contribution in [0, 0.1) is 11.8 Å². The highest BCUT2D eigenvalue weighted by Crippen LogP contribution is 2.52. The number of amides is 1. The summed E-state index contributed by atoms with van der Waals surface area (Å²) in [6, 6.07) is 7.13. The van der Waals surface area contributed by atoms with Gasteiger partial charge in [-0.15, -0.1) is 0 Å². The minimum Gasteiger partial charge on any atom is -0.497 e. The van der Waals surface area contributed by atoms with E-state index < -0.39 is 29.5 Å². The zero-order valence-electron chi connectivity index (χ0n) is 11.9. The molecule has 1 N–H and O–H groups in total. The van der Waals surface area contributed by atoms with Crippen LogP contribution in [-0.2, 0) is 14.3 Å². The molecule has 0 radical (unpaired) electrons. The predicted molar refractivity (Wildman–Crippen MR) is 76.7 cm³/mol. The molecule has 1 spiro atoms. The van der Waals surface area contributed by atoms with Crippen molar-refractivity contribution in [3.05, 3.63) is 36.4 Å². The summed E-state index contributed by atoms with van der Waals surface area (Å²) in [6.07, 6.45) is 3.12. The van der Waals surface area contributed by atoms with Crippen LogP contribution in [0.25, 0.3) is 0 Å². The number of carboxylic acid groups (broad SMARTS) is 1. The van der Waals surface area contributed by atoms with Crippen molar-refractivity contribution in [1.29, 1.82) is 0 Å². The van der Waals surface area contributed by atoms with Crippen LogP contribution in [0.4, 0.5) is 5.69 Å². The van der Waals surface area contributed by atoms with Crippen LogP contribution in [0.1, 0.15) is 0 Å². The summed E-state index contributed by atoms with van der Waals surface area (Å²) in [5.41, 5.74) is -0.0794. The van der Waals surface area contributed by atoms with Gasteiger partial charge in [-0.3, -0.25) is 9.59 Å². The van der Waals surface area contributed by atoms with Crippen molar-refractivity contribution in [1.82, 2.24) is 0 Å². The molecule has 1 aromatic carbocycles. The van der Waals surface area contributed by atoms with Crippen molar-refractivity contribution in [3.63, 3.8) is 0 Å². The van der Waals surface area contributed by atoms with Gasteiger partial charge in [0.05, 0.1) is 25.7 Å². The van der Waals surface area contributed by atoms with Crippen LogP contribution in [0.3, 0.4) is 0 Å². The molecular weight excluding hydrogens is 286 g/mol. The molecule has 6 heteroatoms. The number of carbonyl (C=O) groups is 2. The number of ether oxygens (including phenoxy) is 2. The summed E-state index contributed by atoms with van der Waals surface area (Å²) >= 11 is 0. The number of fused-ring (bicyclic) bond motifs is 1. The normalized spacial score (nSPS) is 35.0. The standard InChI is InChI=1S/C16H15NO5/c1-21-10-4-2-9(3-5-10)17-8-16-7-6-11(22-16)12(15(19)20)13(16)14(17)18/h2-7,11-13H,8H2,1H3,(H,19,20)/t11-,12?,13-,16?/m1/s1. The van der Waals surface area contributed by atoms with E-state index in [2.05, 4.69) is 0 Å². The summed E-state index contributed by atoms with van der Waals surface area (Å²) in [5, 5.41) is 9.42.